The quantitative estimate of drug-likeness (QED) is 0.509. The lowest BCUT2D eigenvalue weighted by atomic mass is 9.96. The summed E-state index contributed by atoms with van der Waals surface area (Å²) in [7, 11) is 0. The Morgan fingerprint density at radius 3 is 2.34 bits per heavy atom. The number of hydrogen-bond donors (Lipinski definition) is 2. The van der Waals surface area contributed by atoms with Gasteiger partial charge in [-0.2, -0.15) is 0 Å². The second-order valence-electron chi connectivity index (χ2n) is 9.16. The van der Waals surface area contributed by atoms with E-state index in [0.29, 0.717) is 6.42 Å². The molecular formula is C25H38N4O3. The molecule has 0 radical (unpaired) electrons. The Hall–Kier alpha value is -2.25. The van der Waals surface area contributed by atoms with E-state index in [9.17, 15) is 14.4 Å². The van der Waals surface area contributed by atoms with E-state index in [2.05, 4.69) is 20.4 Å². The summed E-state index contributed by atoms with van der Waals surface area (Å²) in [5.74, 6) is 0.00688. The first-order valence-corrected chi connectivity index (χ1v) is 12.1. The number of nitrogens with zero attached hydrogens (tertiary/aromatic N) is 2. The highest BCUT2D eigenvalue weighted by molar-refractivity contribution is 5.88. The number of hydrogen-bond acceptors (Lipinski definition) is 5. The van der Waals surface area contributed by atoms with Crippen LogP contribution in [0.4, 0.5) is 0 Å². The summed E-state index contributed by atoms with van der Waals surface area (Å²) in [4.78, 5) is 41.5. The zero-order valence-corrected chi connectivity index (χ0v) is 19.4. The van der Waals surface area contributed by atoms with Crippen molar-refractivity contribution < 1.29 is 14.4 Å². The summed E-state index contributed by atoms with van der Waals surface area (Å²) in [5, 5.41) is 5.98. The summed E-state index contributed by atoms with van der Waals surface area (Å²) < 4.78 is 0. The molecule has 2 saturated heterocycles. The number of rotatable bonds is 11. The number of ketones is 1. The lowest BCUT2D eigenvalue weighted by Gasteiger charge is -2.31. The summed E-state index contributed by atoms with van der Waals surface area (Å²) in [6.45, 7) is 7.43. The molecular weight excluding hydrogens is 404 g/mol. The third-order valence-corrected chi connectivity index (χ3v) is 6.58. The number of Topliss-reactive ketones (excluding diaryl/α,β-unsaturated/α-hetero) is 1. The molecule has 2 fully saturated rings. The maximum Gasteiger partial charge on any atom is 0.234 e. The molecule has 0 unspecified atom stereocenters. The van der Waals surface area contributed by atoms with Gasteiger partial charge in [0.2, 0.25) is 11.8 Å². The van der Waals surface area contributed by atoms with Crippen molar-refractivity contribution in [3.8, 4) is 0 Å². The van der Waals surface area contributed by atoms with E-state index in [-0.39, 0.29) is 30.1 Å². The predicted molar refractivity (Wildman–Crippen MR) is 125 cm³/mol. The fourth-order valence-electron chi connectivity index (χ4n) is 4.61. The van der Waals surface area contributed by atoms with Crippen LogP contribution in [0.5, 0.6) is 0 Å². The van der Waals surface area contributed by atoms with Gasteiger partial charge in [0.05, 0.1) is 12.6 Å². The van der Waals surface area contributed by atoms with Crippen LogP contribution < -0.4 is 10.6 Å². The zero-order chi connectivity index (χ0) is 22.8. The minimum atomic E-state index is -0.506. The highest BCUT2D eigenvalue weighted by Gasteiger charge is 2.26. The smallest absolute Gasteiger partial charge is 0.234 e. The number of piperidine rings is 1. The summed E-state index contributed by atoms with van der Waals surface area (Å²) in [6.07, 6.45) is 5.64. The molecule has 2 heterocycles. The van der Waals surface area contributed by atoms with Crippen LogP contribution >= 0.6 is 0 Å². The molecule has 2 amide bonds. The SMILES string of the molecule is CC(=O)[C@@H](Cc1ccccc1)NC(=O)CN1CCC(C(=O)NCCCN2CCCC2)CC1. The minimum absolute atomic E-state index is 0.0316. The minimum Gasteiger partial charge on any atom is -0.356 e. The first-order chi connectivity index (χ1) is 15.5. The first kappa shape index (κ1) is 24.4. The van der Waals surface area contributed by atoms with E-state index in [0.717, 1.165) is 51.0 Å². The van der Waals surface area contributed by atoms with Gasteiger partial charge in [-0.05, 0) is 83.7 Å². The largest absolute Gasteiger partial charge is 0.356 e. The van der Waals surface area contributed by atoms with Gasteiger partial charge in [0, 0.05) is 12.5 Å². The van der Waals surface area contributed by atoms with Crippen LogP contribution in [0.1, 0.15) is 44.6 Å². The number of amides is 2. The van der Waals surface area contributed by atoms with Crippen LogP contribution in [0, 0.1) is 5.92 Å². The van der Waals surface area contributed by atoms with Gasteiger partial charge in [-0.15, -0.1) is 0 Å². The molecule has 2 aliphatic rings. The summed E-state index contributed by atoms with van der Waals surface area (Å²) in [6, 6.07) is 9.22. The van der Waals surface area contributed by atoms with Gasteiger partial charge in [-0.25, -0.2) is 0 Å². The van der Waals surface area contributed by atoms with E-state index in [1.807, 2.05) is 30.3 Å². The second-order valence-corrected chi connectivity index (χ2v) is 9.16. The van der Waals surface area contributed by atoms with Gasteiger partial charge in [0.15, 0.2) is 5.78 Å². The molecule has 1 aromatic carbocycles. The van der Waals surface area contributed by atoms with Crippen LogP contribution in [-0.2, 0) is 20.8 Å². The van der Waals surface area contributed by atoms with E-state index < -0.39 is 6.04 Å². The van der Waals surface area contributed by atoms with Crippen molar-refractivity contribution in [1.29, 1.82) is 0 Å². The Morgan fingerprint density at radius 1 is 1.00 bits per heavy atom. The molecule has 32 heavy (non-hydrogen) atoms. The lowest BCUT2D eigenvalue weighted by Crippen LogP contribution is -2.48. The van der Waals surface area contributed by atoms with Crippen molar-refractivity contribution in [3.05, 3.63) is 35.9 Å². The molecule has 0 saturated carbocycles. The van der Waals surface area contributed by atoms with E-state index in [1.54, 1.807) is 0 Å². The summed E-state index contributed by atoms with van der Waals surface area (Å²) >= 11 is 0. The highest BCUT2D eigenvalue weighted by Crippen LogP contribution is 2.17. The monoisotopic (exact) mass is 442 g/mol. The average molecular weight is 443 g/mol. The van der Waals surface area contributed by atoms with Crippen LogP contribution in [-0.4, -0.2) is 79.3 Å². The molecule has 7 nitrogen and oxygen atoms in total. The van der Waals surface area contributed by atoms with Crippen molar-refractivity contribution in [3.63, 3.8) is 0 Å². The molecule has 1 aromatic rings. The maximum atomic E-state index is 12.5. The van der Waals surface area contributed by atoms with Crippen molar-refractivity contribution in [2.45, 2.75) is 51.5 Å². The van der Waals surface area contributed by atoms with E-state index >= 15 is 0 Å². The molecule has 1 atom stereocenters. The first-order valence-electron chi connectivity index (χ1n) is 12.1. The van der Waals surface area contributed by atoms with E-state index in [1.165, 1.54) is 32.9 Å². The van der Waals surface area contributed by atoms with Crippen molar-refractivity contribution in [2.75, 3.05) is 45.8 Å². The molecule has 0 aliphatic carbocycles. The van der Waals surface area contributed by atoms with E-state index in [4.69, 9.17) is 0 Å². The van der Waals surface area contributed by atoms with Gasteiger partial charge in [0.25, 0.3) is 0 Å². The summed E-state index contributed by atoms with van der Waals surface area (Å²) in [5.41, 5.74) is 1.03. The molecule has 0 bridgehead atoms. The number of carbonyl (C=O) groups is 3. The van der Waals surface area contributed by atoms with Gasteiger partial charge < -0.3 is 15.5 Å². The molecule has 7 heteroatoms. The Bertz CT molecular complexity index is 741. The number of benzene rings is 1. The Kier molecular flexibility index (Phi) is 9.68. The second kappa shape index (κ2) is 12.7. The molecule has 2 N–H and O–H groups in total. The molecule has 3 rings (SSSR count). The van der Waals surface area contributed by atoms with Gasteiger partial charge in [-0.1, -0.05) is 30.3 Å². The number of nitrogens with one attached hydrogen (secondary N) is 2. The van der Waals surface area contributed by atoms with Gasteiger partial charge >= 0.3 is 0 Å². The maximum absolute atomic E-state index is 12.5. The number of likely N-dealkylation sites (tertiary alicyclic amines) is 2. The lowest BCUT2D eigenvalue weighted by molar-refractivity contribution is -0.129. The van der Waals surface area contributed by atoms with Gasteiger partial charge in [-0.3, -0.25) is 19.3 Å². The van der Waals surface area contributed by atoms with Crippen LogP contribution in [0.3, 0.4) is 0 Å². The third-order valence-electron chi connectivity index (χ3n) is 6.58. The number of carbonyl (C=O) groups excluding carboxylic acids is 3. The van der Waals surface area contributed by atoms with Crippen molar-refractivity contribution >= 4 is 17.6 Å². The van der Waals surface area contributed by atoms with Crippen LogP contribution in [0.15, 0.2) is 30.3 Å². The van der Waals surface area contributed by atoms with Crippen LogP contribution in [0.25, 0.3) is 0 Å². The zero-order valence-electron chi connectivity index (χ0n) is 19.4. The average Bonchev–Trinajstić information content (AvgIpc) is 3.31. The Labute approximate surface area is 191 Å². The van der Waals surface area contributed by atoms with Crippen LogP contribution in [0.2, 0.25) is 0 Å². The van der Waals surface area contributed by atoms with Crippen molar-refractivity contribution in [1.82, 2.24) is 20.4 Å². The Balaban J connectivity index is 1.33. The molecule has 2 aliphatic heterocycles. The molecule has 0 spiro atoms. The highest BCUT2D eigenvalue weighted by atomic mass is 16.2. The standard InChI is InChI=1S/C25H38N4O3/c1-20(30)23(18-21-8-3-2-4-9-21)27-24(31)19-29-16-10-22(11-17-29)25(32)26-12-7-15-28-13-5-6-14-28/h2-4,8-9,22-23H,5-7,10-19H2,1H3,(H,26,32)(H,27,31)/t23-/m1/s1. The topological polar surface area (TPSA) is 81.8 Å². The van der Waals surface area contributed by atoms with Gasteiger partial charge in [0.1, 0.15) is 0 Å². The fourth-order valence-corrected chi connectivity index (χ4v) is 4.61. The normalized spacial score (nSPS) is 18.9. The molecule has 176 valence electrons. The third kappa shape index (κ3) is 8.02. The fraction of sp³-hybridized carbons (Fsp3) is 0.640. The Morgan fingerprint density at radius 2 is 1.69 bits per heavy atom. The van der Waals surface area contributed by atoms with Crippen molar-refractivity contribution in [2.24, 2.45) is 5.92 Å². The predicted octanol–water partition coefficient (Wildman–Crippen LogP) is 1.62. The molecule has 0 aromatic heterocycles.